The number of likely N-dealkylation sites (N-methyl/N-ethyl adjacent to an activating group) is 1. The van der Waals surface area contributed by atoms with E-state index in [1.165, 1.54) is 0 Å². The first kappa shape index (κ1) is 15.3. The molecule has 2 heterocycles. The quantitative estimate of drug-likeness (QED) is 0.886. The van der Waals surface area contributed by atoms with Gasteiger partial charge in [-0.25, -0.2) is 0 Å². The standard InChI is InChI=1S/C16H20ClN3O2/c1-20-14(21)9-13(19-16(22)12-3-2-8-18-12)15(20)10-4-6-11(17)7-5-10/h4-7,12-13,15,18H,2-3,8-9H2,1H3,(H,19,22)/t12-,13-,15-/m0/s1. The summed E-state index contributed by atoms with van der Waals surface area (Å²) in [4.78, 5) is 26.1. The summed E-state index contributed by atoms with van der Waals surface area (Å²) in [5.74, 6) is 0.0363. The Hall–Kier alpha value is -1.59. The number of hydrogen-bond donors (Lipinski definition) is 2. The highest BCUT2D eigenvalue weighted by Gasteiger charge is 2.40. The lowest BCUT2D eigenvalue weighted by Crippen LogP contribution is -2.46. The molecule has 1 aromatic rings. The third-order valence-corrected chi connectivity index (χ3v) is 4.75. The fourth-order valence-corrected chi connectivity index (χ4v) is 3.43. The molecule has 22 heavy (non-hydrogen) atoms. The van der Waals surface area contributed by atoms with E-state index < -0.39 is 0 Å². The first-order valence-corrected chi connectivity index (χ1v) is 7.99. The zero-order valence-corrected chi connectivity index (χ0v) is 13.3. The number of amides is 2. The van der Waals surface area contributed by atoms with Crippen molar-refractivity contribution in [3.63, 3.8) is 0 Å². The highest BCUT2D eigenvalue weighted by atomic mass is 35.5. The fraction of sp³-hybridized carbons (Fsp3) is 0.500. The molecule has 2 amide bonds. The fourth-order valence-electron chi connectivity index (χ4n) is 3.31. The van der Waals surface area contributed by atoms with E-state index in [2.05, 4.69) is 10.6 Å². The molecule has 6 heteroatoms. The Morgan fingerprint density at radius 3 is 2.73 bits per heavy atom. The lowest BCUT2D eigenvalue weighted by Gasteiger charge is -2.27. The second-order valence-electron chi connectivity index (χ2n) is 5.97. The van der Waals surface area contributed by atoms with Crippen molar-refractivity contribution in [3.8, 4) is 0 Å². The largest absolute Gasteiger partial charge is 0.349 e. The summed E-state index contributed by atoms with van der Waals surface area (Å²) < 4.78 is 0. The zero-order valence-electron chi connectivity index (χ0n) is 12.5. The second-order valence-corrected chi connectivity index (χ2v) is 6.41. The molecule has 118 valence electrons. The van der Waals surface area contributed by atoms with Crippen molar-refractivity contribution < 1.29 is 9.59 Å². The van der Waals surface area contributed by atoms with Gasteiger partial charge in [0.15, 0.2) is 0 Å². The van der Waals surface area contributed by atoms with E-state index in [4.69, 9.17) is 11.6 Å². The highest BCUT2D eigenvalue weighted by Crippen LogP contribution is 2.32. The maximum atomic E-state index is 12.3. The molecule has 0 unspecified atom stereocenters. The van der Waals surface area contributed by atoms with Crippen LogP contribution in [0.3, 0.4) is 0 Å². The Kier molecular flexibility index (Phi) is 4.36. The Balaban J connectivity index is 1.77. The van der Waals surface area contributed by atoms with Gasteiger partial charge in [-0.15, -0.1) is 0 Å². The van der Waals surface area contributed by atoms with Crippen LogP contribution >= 0.6 is 11.6 Å². The summed E-state index contributed by atoms with van der Waals surface area (Å²) in [5, 5.41) is 6.89. The van der Waals surface area contributed by atoms with E-state index >= 15 is 0 Å². The summed E-state index contributed by atoms with van der Waals surface area (Å²) in [6.07, 6.45) is 2.21. The van der Waals surface area contributed by atoms with Crippen molar-refractivity contribution in [2.75, 3.05) is 13.6 Å². The van der Waals surface area contributed by atoms with Crippen LogP contribution in [0.1, 0.15) is 30.9 Å². The zero-order chi connectivity index (χ0) is 15.7. The van der Waals surface area contributed by atoms with Crippen LogP contribution in [0.15, 0.2) is 24.3 Å². The van der Waals surface area contributed by atoms with Gasteiger partial charge in [-0.2, -0.15) is 0 Å². The number of carbonyl (C=O) groups excluding carboxylic acids is 2. The summed E-state index contributed by atoms with van der Waals surface area (Å²) in [6.45, 7) is 0.877. The summed E-state index contributed by atoms with van der Waals surface area (Å²) >= 11 is 5.93. The smallest absolute Gasteiger partial charge is 0.237 e. The predicted octanol–water partition coefficient (Wildman–Crippen LogP) is 1.48. The van der Waals surface area contributed by atoms with Gasteiger partial charge >= 0.3 is 0 Å². The third-order valence-electron chi connectivity index (χ3n) is 4.50. The number of nitrogens with zero attached hydrogens (tertiary/aromatic N) is 1. The molecule has 2 aliphatic heterocycles. The Labute approximate surface area is 135 Å². The van der Waals surface area contributed by atoms with Crippen molar-refractivity contribution in [1.82, 2.24) is 15.5 Å². The normalized spacial score (nSPS) is 28.2. The van der Waals surface area contributed by atoms with Crippen LogP contribution in [0.4, 0.5) is 0 Å². The van der Waals surface area contributed by atoms with Gasteiger partial charge in [0.1, 0.15) is 0 Å². The SMILES string of the molecule is CN1C(=O)C[C@H](NC(=O)[C@@H]2CCCN2)[C@@H]1c1ccc(Cl)cc1. The van der Waals surface area contributed by atoms with Gasteiger partial charge in [-0.05, 0) is 37.1 Å². The van der Waals surface area contributed by atoms with Crippen molar-refractivity contribution in [1.29, 1.82) is 0 Å². The van der Waals surface area contributed by atoms with Crippen LogP contribution in [0.2, 0.25) is 5.02 Å². The molecule has 2 fully saturated rings. The van der Waals surface area contributed by atoms with Crippen LogP contribution in [-0.4, -0.2) is 42.4 Å². The molecule has 2 saturated heterocycles. The van der Waals surface area contributed by atoms with Gasteiger partial charge in [0.2, 0.25) is 11.8 Å². The molecular formula is C16H20ClN3O2. The van der Waals surface area contributed by atoms with Gasteiger partial charge in [-0.3, -0.25) is 9.59 Å². The molecule has 0 aliphatic carbocycles. The maximum Gasteiger partial charge on any atom is 0.237 e. The lowest BCUT2D eigenvalue weighted by molar-refractivity contribution is -0.127. The van der Waals surface area contributed by atoms with Crippen LogP contribution in [-0.2, 0) is 9.59 Å². The van der Waals surface area contributed by atoms with E-state index in [1.807, 2.05) is 24.3 Å². The minimum Gasteiger partial charge on any atom is -0.349 e. The van der Waals surface area contributed by atoms with Crippen molar-refractivity contribution in [2.45, 2.75) is 37.4 Å². The molecule has 1 aromatic carbocycles. The molecule has 3 rings (SSSR count). The third kappa shape index (κ3) is 2.96. The van der Waals surface area contributed by atoms with Crippen molar-refractivity contribution >= 4 is 23.4 Å². The molecule has 0 aromatic heterocycles. The molecule has 5 nitrogen and oxygen atoms in total. The molecule has 0 radical (unpaired) electrons. The Bertz CT molecular complexity index is 569. The Morgan fingerprint density at radius 2 is 2.09 bits per heavy atom. The maximum absolute atomic E-state index is 12.3. The van der Waals surface area contributed by atoms with E-state index in [-0.39, 0.29) is 29.9 Å². The summed E-state index contributed by atoms with van der Waals surface area (Å²) in [7, 11) is 1.78. The lowest BCUT2D eigenvalue weighted by atomic mass is 9.99. The van der Waals surface area contributed by atoms with Crippen molar-refractivity contribution in [3.05, 3.63) is 34.9 Å². The number of rotatable bonds is 3. The minimum atomic E-state index is -0.200. The second kappa shape index (κ2) is 6.26. The summed E-state index contributed by atoms with van der Waals surface area (Å²) in [6, 6.07) is 6.97. The van der Waals surface area contributed by atoms with Crippen LogP contribution in [0.5, 0.6) is 0 Å². The molecule has 2 N–H and O–H groups in total. The van der Waals surface area contributed by atoms with Crippen LogP contribution < -0.4 is 10.6 Å². The van der Waals surface area contributed by atoms with Crippen LogP contribution in [0, 0.1) is 0 Å². The van der Waals surface area contributed by atoms with Gasteiger partial charge in [0, 0.05) is 18.5 Å². The Morgan fingerprint density at radius 1 is 1.36 bits per heavy atom. The number of likely N-dealkylation sites (tertiary alicyclic amines) is 1. The van der Waals surface area contributed by atoms with Gasteiger partial charge in [0.05, 0.1) is 18.1 Å². The number of hydrogen-bond acceptors (Lipinski definition) is 3. The van der Waals surface area contributed by atoms with Crippen LogP contribution in [0.25, 0.3) is 0 Å². The molecule has 0 bridgehead atoms. The van der Waals surface area contributed by atoms with Gasteiger partial charge in [-0.1, -0.05) is 23.7 Å². The van der Waals surface area contributed by atoms with E-state index in [0.29, 0.717) is 11.4 Å². The number of carbonyl (C=O) groups is 2. The minimum absolute atomic E-state index is 0.00966. The topological polar surface area (TPSA) is 61.4 Å². The van der Waals surface area contributed by atoms with Gasteiger partial charge < -0.3 is 15.5 Å². The average Bonchev–Trinajstić information content (AvgIpc) is 3.11. The number of benzene rings is 1. The average molecular weight is 322 g/mol. The predicted molar refractivity (Wildman–Crippen MR) is 84.5 cm³/mol. The first-order chi connectivity index (χ1) is 10.6. The number of nitrogens with one attached hydrogen (secondary N) is 2. The molecule has 0 spiro atoms. The molecule has 0 saturated carbocycles. The first-order valence-electron chi connectivity index (χ1n) is 7.61. The van der Waals surface area contributed by atoms with E-state index in [9.17, 15) is 9.59 Å². The highest BCUT2D eigenvalue weighted by molar-refractivity contribution is 6.30. The molecule has 2 aliphatic rings. The molecule has 3 atom stereocenters. The van der Waals surface area contributed by atoms with E-state index in [0.717, 1.165) is 24.9 Å². The van der Waals surface area contributed by atoms with Crippen molar-refractivity contribution in [2.24, 2.45) is 0 Å². The van der Waals surface area contributed by atoms with Gasteiger partial charge in [0.25, 0.3) is 0 Å². The summed E-state index contributed by atoms with van der Waals surface area (Å²) in [5.41, 5.74) is 0.988. The molecular weight excluding hydrogens is 302 g/mol. The number of halogens is 1. The monoisotopic (exact) mass is 321 g/mol. The van der Waals surface area contributed by atoms with E-state index in [1.54, 1.807) is 11.9 Å².